The molecule has 1 amide bonds. The maximum absolute atomic E-state index is 12.1. The molecule has 8 heteroatoms. The summed E-state index contributed by atoms with van der Waals surface area (Å²) in [5, 5.41) is 16.5. The average molecular weight is 374 g/mol. The zero-order valence-electron chi connectivity index (χ0n) is 12.8. The Labute approximate surface area is 152 Å². The third-order valence-electron chi connectivity index (χ3n) is 3.36. The molecule has 3 aromatic rings. The van der Waals surface area contributed by atoms with E-state index in [2.05, 4.69) is 10.3 Å². The lowest BCUT2D eigenvalue weighted by Gasteiger charge is -2.03. The minimum atomic E-state index is -0.489. The molecule has 0 unspecified atom stereocenters. The molecule has 0 radical (unpaired) electrons. The first-order valence-corrected chi connectivity index (χ1v) is 8.52. The summed E-state index contributed by atoms with van der Waals surface area (Å²) in [7, 11) is 0. The normalized spacial score (nSPS) is 10.4. The van der Waals surface area contributed by atoms with E-state index in [1.807, 2.05) is 23.6 Å². The molecule has 0 saturated carbocycles. The molecule has 0 aliphatic heterocycles. The number of halogens is 1. The van der Waals surface area contributed by atoms with Crippen molar-refractivity contribution < 1.29 is 9.72 Å². The van der Waals surface area contributed by atoms with E-state index in [0.29, 0.717) is 16.4 Å². The molecule has 2 aromatic carbocycles. The molecule has 1 aromatic heterocycles. The van der Waals surface area contributed by atoms with E-state index in [1.165, 1.54) is 35.6 Å². The molecule has 0 bridgehead atoms. The number of benzene rings is 2. The summed E-state index contributed by atoms with van der Waals surface area (Å²) >= 11 is 7.58. The minimum absolute atomic E-state index is 0.0260. The number of carbonyl (C=O) groups excluding carboxylic acids is 1. The van der Waals surface area contributed by atoms with Crippen molar-refractivity contribution in [1.82, 2.24) is 4.98 Å². The van der Waals surface area contributed by atoms with Gasteiger partial charge >= 0.3 is 0 Å². The van der Waals surface area contributed by atoms with E-state index < -0.39 is 4.92 Å². The molecule has 0 aliphatic rings. The Morgan fingerprint density at radius 1 is 1.20 bits per heavy atom. The van der Waals surface area contributed by atoms with Gasteiger partial charge in [-0.3, -0.25) is 14.9 Å². The van der Waals surface area contributed by atoms with Gasteiger partial charge in [0.25, 0.3) is 5.69 Å². The highest BCUT2D eigenvalue weighted by molar-refractivity contribution is 7.13. The number of nitro benzene ring substituents is 1. The maximum atomic E-state index is 12.1. The number of nitrogens with one attached hydrogen (secondary N) is 1. The van der Waals surface area contributed by atoms with E-state index in [-0.39, 0.29) is 18.0 Å². The zero-order valence-corrected chi connectivity index (χ0v) is 14.4. The number of hydrogen-bond donors (Lipinski definition) is 1. The lowest BCUT2D eigenvalue weighted by Crippen LogP contribution is -2.14. The van der Waals surface area contributed by atoms with Crippen molar-refractivity contribution in [1.29, 1.82) is 0 Å². The largest absolute Gasteiger partial charge is 0.326 e. The van der Waals surface area contributed by atoms with Gasteiger partial charge in [-0.1, -0.05) is 29.8 Å². The Bertz CT molecular complexity index is 925. The average Bonchev–Trinajstić information content (AvgIpc) is 3.03. The number of carbonyl (C=O) groups is 1. The molecule has 0 aliphatic carbocycles. The van der Waals surface area contributed by atoms with Gasteiger partial charge in [-0.25, -0.2) is 4.98 Å². The number of anilines is 1. The summed E-state index contributed by atoms with van der Waals surface area (Å²) in [5.41, 5.74) is 1.94. The van der Waals surface area contributed by atoms with Crippen molar-refractivity contribution in [2.24, 2.45) is 0 Å². The van der Waals surface area contributed by atoms with E-state index in [4.69, 9.17) is 11.6 Å². The predicted molar refractivity (Wildman–Crippen MR) is 98.0 cm³/mol. The fourth-order valence-electron chi connectivity index (χ4n) is 2.18. The minimum Gasteiger partial charge on any atom is -0.326 e. The first-order valence-electron chi connectivity index (χ1n) is 7.26. The molecule has 3 rings (SSSR count). The Balaban J connectivity index is 1.66. The van der Waals surface area contributed by atoms with Crippen LogP contribution in [0.5, 0.6) is 0 Å². The highest BCUT2D eigenvalue weighted by Crippen LogP contribution is 2.30. The fourth-order valence-corrected chi connectivity index (χ4v) is 3.32. The highest BCUT2D eigenvalue weighted by atomic mass is 35.5. The Morgan fingerprint density at radius 3 is 2.60 bits per heavy atom. The van der Waals surface area contributed by atoms with Crippen LogP contribution in [0.15, 0.2) is 53.9 Å². The molecule has 126 valence electrons. The van der Waals surface area contributed by atoms with Crippen LogP contribution < -0.4 is 5.32 Å². The summed E-state index contributed by atoms with van der Waals surface area (Å²) in [4.78, 5) is 26.7. The van der Waals surface area contributed by atoms with Crippen LogP contribution in [-0.2, 0) is 11.2 Å². The number of rotatable bonds is 5. The number of nitro groups is 1. The molecular formula is C17H12ClN3O3S. The van der Waals surface area contributed by atoms with Crippen LogP contribution in [0, 0.1) is 10.1 Å². The van der Waals surface area contributed by atoms with Crippen LogP contribution in [0.4, 0.5) is 11.4 Å². The molecular weight excluding hydrogens is 362 g/mol. The topological polar surface area (TPSA) is 85.1 Å². The molecule has 25 heavy (non-hydrogen) atoms. The lowest BCUT2D eigenvalue weighted by atomic mass is 10.2. The lowest BCUT2D eigenvalue weighted by molar-refractivity contribution is -0.384. The van der Waals surface area contributed by atoms with Crippen molar-refractivity contribution in [3.8, 4) is 10.6 Å². The quantitative estimate of drug-likeness (QED) is 0.525. The monoisotopic (exact) mass is 373 g/mol. The number of nitrogens with zero attached hydrogens (tertiary/aromatic N) is 2. The van der Waals surface area contributed by atoms with Gasteiger partial charge in [-0.15, -0.1) is 11.3 Å². The number of non-ortho nitro benzene ring substituents is 1. The number of amides is 1. The summed E-state index contributed by atoms with van der Waals surface area (Å²) in [5.74, 6) is -0.245. The SMILES string of the molecule is O=C(Cc1csc(-c2ccccc2Cl)n1)Nc1ccc([N+](=O)[O-])cc1. The smallest absolute Gasteiger partial charge is 0.269 e. The van der Waals surface area contributed by atoms with Crippen molar-refractivity contribution in [2.75, 3.05) is 5.32 Å². The van der Waals surface area contributed by atoms with E-state index in [0.717, 1.165) is 10.6 Å². The van der Waals surface area contributed by atoms with Gasteiger partial charge in [0.1, 0.15) is 5.01 Å². The second kappa shape index (κ2) is 7.42. The van der Waals surface area contributed by atoms with E-state index in [9.17, 15) is 14.9 Å². The van der Waals surface area contributed by atoms with Gasteiger partial charge in [-0.2, -0.15) is 0 Å². The third kappa shape index (κ3) is 4.20. The van der Waals surface area contributed by atoms with Crippen molar-refractivity contribution in [3.63, 3.8) is 0 Å². The van der Waals surface area contributed by atoms with Crippen molar-refractivity contribution in [3.05, 3.63) is 74.7 Å². The van der Waals surface area contributed by atoms with Crippen LogP contribution in [0.1, 0.15) is 5.69 Å². The first kappa shape index (κ1) is 17.1. The van der Waals surface area contributed by atoms with Gasteiger partial charge in [0.2, 0.25) is 5.91 Å². The Morgan fingerprint density at radius 2 is 1.92 bits per heavy atom. The summed E-state index contributed by atoms with van der Waals surface area (Å²) < 4.78 is 0. The molecule has 1 N–H and O–H groups in total. The standard InChI is InChI=1S/C17H12ClN3O3S/c18-15-4-2-1-3-14(15)17-20-12(10-25-17)9-16(22)19-11-5-7-13(8-6-11)21(23)24/h1-8,10H,9H2,(H,19,22). The second-order valence-electron chi connectivity index (χ2n) is 5.15. The van der Waals surface area contributed by atoms with Crippen LogP contribution in [0.2, 0.25) is 5.02 Å². The van der Waals surface area contributed by atoms with Gasteiger partial charge in [-0.05, 0) is 18.2 Å². The predicted octanol–water partition coefficient (Wildman–Crippen LogP) is 4.55. The Hall–Kier alpha value is -2.77. The molecule has 0 atom stereocenters. The number of hydrogen-bond acceptors (Lipinski definition) is 5. The summed E-state index contributed by atoms with van der Waals surface area (Å²) in [6.45, 7) is 0. The molecule has 0 fully saturated rings. The van der Waals surface area contributed by atoms with Gasteiger partial charge in [0.15, 0.2) is 0 Å². The Kier molecular flexibility index (Phi) is 5.06. The van der Waals surface area contributed by atoms with Gasteiger partial charge < -0.3 is 5.32 Å². The van der Waals surface area contributed by atoms with Crippen molar-refractivity contribution in [2.45, 2.75) is 6.42 Å². The number of thiazole rings is 1. The van der Waals surface area contributed by atoms with Gasteiger partial charge in [0, 0.05) is 28.8 Å². The van der Waals surface area contributed by atoms with Crippen molar-refractivity contribution >= 4 is 40.2 Å². The van der Waals surface area contributed by atoms with Crippen LogP contribution in [-0.4, -0.2) is 15.8 Å². The first-order chi connectivity index (χ1) is 12.0. The summed E-state index contributed by atoms with van der Waals surface area (Å²) in [6.07, 6.45) is 0.109. The molecule has 6 nitrogen and oxygen atoms in total. The molecule has 1 heterocycles. The van der Waals surface area contributed by atoms with Crippen LogP contribution in [0.3, 0.4) is 0 Å². The molecule has 0 spiro atoms. The third-order valence-corrected chi connectivity index (χ3v) is 4.61. The maximum Gasteiger partial charge on any atom is 0.269 e. The molecule has 0 saturated heterocycles. The fraction of sp³-hybridized carbons (Fsp3) is 0.0588. The van der Waals surface area contributed by atoms with E-state index in [1.54, 1.807) is 6.07 Å². The van der Waals surface area contributed by atoms with Gasteiger partial charge in [0.05, 0.1) is 22.1 Å². The van der Waals surface area contributed by atoms with E-state index >= 15 is 0 Å². The second-order valence-corrected chi connectivity index (χ2v) is 6.42. The highest BCUT2D eigenvalue weighted by Gasteiger charge is 2.12. The number of aromatic nitrogens is 1. The van der Waals surface area contributed by atoms with Crippen LogP contribution >= 0.6 is 22.9 Å². The zero-order chi connectivity index (χ0) is 17.8. The summed E-state index contributed by atoms with van der Waals surface area (Å²) in [6, 6.07) is 13.1. The van der Waals surface area contributed by atoms with Crippen LogP contribution in [0.25, 0.3) is 10.6 Å².